The summed E-state index contributed by atoms with van der Waals surface area (Å²) in [5.41, 5.74) is 2.65. The van der Waals surface area contributed by atoms with Crippen LogP contribution in [0.4, 0.5) is 5.69 Å². The number of hydrogen-bond acceptors (Lipinski definition) is 4. The summed E-state index contributed by atoms with van der Waals surface area (Å²) in [5.74, 6) is 0.215. The topological polar surface area (TPSA) is 71.3 Å². The summed E-state index contributed by atoms with van der Waals surface area (Å²) in [5, 5.41) is 13.1. The molecular weight excluding hydrogens is 574 g/mol. The standard InChI is InChI=1S/C25H19Cl2IN2O3/c1-15-20(26)4-3-5-22(15)30-25(31)18(13-29)10-17-11-21(27)24(23(12-17)32-2)33-14-16-6-8-19(28)9-7-16/h3-12H,14H2,1-2H3,(H,30,31)/b18-10-. The number of halogens is 3. The number of rotatable bonds is 7. The van der Waals surface area contributed by atoms with Gasteiger partial charge in [0.15, 0.2) is 11.5 Å². The van der Waals surface area contributed by atoms with Crippen molar-refractivity contribution in [3.05, 3.63) is 90.5 Å². The molecule has 0 fully saturated rings. The zero-order valence-electron chi connectivity index (χ0n) is 17.8. The van der Waals surface area contributed by atoms with Crippen LogP contribution in [-0.4, -0.2) is 13.0 Å². The molecule has 0 aliphatic heterocycles. The zero-order chi connectivity index (χ0) is 24.0. The van der Waals surface area contributed by atoms with Gasteiger partial charge in [-0.3, -0.25) is 4.79 Å². The molecule has 3 aromatic rings. The van der Waals surface area contributed by atoms with Crippen molar-refractivity contribution in [3.8, 4) is 17.6 Å². The van der Waals surface area contributed by atoms with E-state index in [1.54, 1.807) is 37.3 Å². The van der Waals surface area contributed by atoms with Crippen molar-refractivity contribution >= 4 is 63.5 Å². The second kappa shape index (κ2) is 11.4. The third kappa shape index (κ3) is 6.41. The molecule has 0 heterocycles. The molecule has 0 radical (unpaired) electrons. The highest BCUT2D eigenvalue weighted by molar-refractivity contribution is 14.1. The van der Waals surface area contributed by atoms with Gasteiger partial charge in [0.05, 0.1) is 12.1 Å². The van der Waals surface area contributed by atoms with Gasteiger partial charge in [0.1, 0.15) is 18.2 Å². The number of carbonyl (C=O) groups is 1. The lowest BCUT2D eigenvalue weighted by Crippen LogP contribution is -2.14. The maximum atomic E-state index is 12.7. The number of anilines is 1. The summed E-state index contributed by atoms with van der Waals surface area (Å²) in [4.78, 5) is 12.7. The number of carbonyl (C=O) groups excluding carboxylic acids is 1. The molecule has 1 amide bonds. The van der Waals surface area contributed by atoms with E-state index in [-0.39, 0.29) is 5.57 Å². The molecule has 0 unspecified atom stereocenters. The Morgan fingerprint density at radius 2 is 1.88 bits per heavy atom. The molecule has 0 aromatic heterocycles. The monoisotopic (exact) mass is 592 g/mol. The normalized spacial score (nSPS) is 11.0. The van der Waals surface area contributed by atoms with E-state index in [1.165, 1.54) is 13.2 Å². The highest BCUT2D eigenvalue weighted by Gasteiger charge is 2.15. The predicted molar refractivity (Wildman–Crippen MR) is 140 cm³/mol. The van der Waals surface area contributed by atoms with E-state index in [4.69, 9.17) is 32.7 Å². The van der Waals surface area contributed by atoms with Crippen LogP contribution in [0, 0.1) is 21.8 Å². The third-order valence-electron chi connectivity index (χ3n) is 4.74. The second-order valence-corrected chi connectivity index (χ2v) is 9.05. The number of ether oxygens (including phenoxy) is 2. The Morgan fingerprint density at radius 1 is 1.15 bits per heavy atom. The molecule has 0 bridgehead atoms. The lowest BCUT2D eigenvalue weighted by atomic mass is 10.1. The second-order valence-electron chi connectivity index (χ2n) is 6.99. The van der Waals surface area contributed by atoms with Crippen molar-refractivity contribution in [2.24, 2.45) is 0 Å². The molecule has 1 N–H and O–H groups in total. The maximum absolute atomic E-state index is 12.7. The van der Waals surface area contributed by atoms with Crippen molar-refractivity contribution in [3.63, 3.8) is 0 Å². The summed E-state index contributed by atoms with van der Waals surface area (Å²) in [6.07, 6.45) is 1.44. The first-order valence-electron chi connectivity index (χ1n) is 9.75. The Morgan fingerprint density at radius 3 is 2.55 bits per heavy atom. The fourth-order valence-corrected chi connectivity index (χ4v) is 3.75. The first kappa shape index (κ1) is 24.9. The summed E-state index contributed by atoms with van der Waals surface area (Å²) in [6, 6.07) is 18.3. The van der Waals surface area contributed by atoms with Crippen LogP contribution < -0.4 is 14.8 Å². The number of hydrogen-bond donors (Lipinski definition) is 1. The Balaban J connectivity index is 1.83. The van der Waals surface area contributed by atoms with Crippen molar-refractivity contribution in [2.45, 2.75) is 13.5 Å². The number of nitriles is 1. The number of nitrogens with zero attached hydrogens (tertiary/aromatic N) is 1. The van der Waals surface area contributed by atoms with Gasteiger partial charge in [-0.25, -0.2) is 0 Å². The molecule has 8 heteroatoms. The summed E-state index contributed by atoms with van der Waals surface area (Å²) in [6.45, 7) is 2.10. The van der Waals surface area contributed by atoms with E-state index in [9.17, 15) is 10.1 Å². The first-order valence-corrected chi connectivity index (χ1v) is 11.6. The molecule has 0 saturated carbocycles. The SMILES string of the molecule is COc1cc(/C=C(/C#N)C(=O)Nc2cccc(Cl)c2C)cc(Cl)c1OCc1ccc(I)cc1. The fourth-order valence-electron chi connectivity index (χ4n) is 2.95. The highest BCUT2D eigenvalue weighted by Crippen LogP contribution is 2.37. The van der Waals surface area contributed by atoms with Crippen LogP contribution in [0.25, 0.3) is 6.08 Å². The molecule has 3 rings (SSSR count). The summed E-state index contributed by atoms with van der Waals surface area (Å²) in [7, 11) is 1.50. The predicted octanol–water partition coefficient (Wildman–Crippen LogP) is 7.04. The van der Waals surface area contributed by atoms with Crippen LogP contribution in [0.2, 0.25) is 10.0 Å². The van der Waals surface area contributed by atoms with Gasteiger partial charge >= 0.3 is 0 Å². The minimum atomic E-state index is -0.558. The van der Waals surface area contributed by atoms with Crippen LogP contribution in [-0.2, 0) is 11.4 Å². The van der Waals surface area contributed by atoms with Gasteiger partial charge in [-0.15, -0.1) is 0 Å². The molecule has 0 aliphatic rings. The Labute approximate surface area is 216 Å². The lowest BCUT2D eigenvalue weighted by Gasteiger charge is -2.14. The van der Waals surface area contributed by atoms with Crippen molar-refractivity contribution in [1.82, 2.24) is 0 Å². The van der Waals surface area contributed by atoms with Crippen LogP contribution in [0.1, 0.15) is 16.7 Å². The van der Waals surface area contributed by atoms with Gasteiger partial charge in [0.25, 0.3) is 5.91 Å². The van der Waals surface area contributed by atoms with Crippen molar-refractivity contribution in [2.75, 3.05) is 12.4 Å². The largest absolute Gasteiger partial charge is 0.493 e. The molecule has 0 aliphatic carbocycles. The average molecular weight is 593 g/mol. The van der Waals surface area contributed by atoms with E-state index < -0.39 is 5.91 Å². The van der Waals surface area contributed by atoms with Gasteiger partial charge in [0, 0.05) is 14.3 Å². The van der Waals surface area contributed by atoms with Crippen molar-refractivity contribution in [1.29, 1.82) is 5.26 Å². The molecule has 5 nitrogen and oxygen atoms in total. The van der Waals surface area contributed by atoms with E-state index in [0.29, 0.717) is 45.0 Å². The van der Waals surface area contributed by atoms with Gasteiger partial charge in [-0.1, -0.05) is 41.4 Å². The van der Waals surface area contributed by atoms with E-state index in [1.807, 2.05) is 30.3 Å². The van der Waals surface area contributed by atoms with Crippen LogP contribution in [0.3, 0.4) is 0 Å². The molecular formula is C25H19Cl2IN2O3. The summed E-state index contributed by atoms with van der Waals surface area (Å²) >= 11 is 14.8. The number of amides is 1. The Hall–Kier alpha value is -2.73. The minimum Gasteiger partial charge on any atom is -0.493 e. The number of benzene rings is 3. The molecule has 0 atom stereocenters. The van der Waals surface area contributed by atoms with Crippen LogP contribution in [0.15, 0.2) is 60.2 Å². The van der Waals surface area contributed by atoms with E-state index in [0.717, 1.165) is 9.13 Å². The van der Waals surface area contributed by atoms with Crippen molar-refractivity contribution < 1.29 is 14.3 Å². The first-order chi connectivity index (χ1) is 15.8. The van der Waals surface area contributed by atoms with Gasteiger partial charge in [0.2, 0.25) is 0 Å². The van der Waals surface area contributed by atoms with E-state index >= 15 is 0 Å². The molecule has 33 heavy (non-hydrogen) atoms. The highest BCUT2D eigenvalue weighted by atomic mass is 127. The smallest absolute Gasteiger partial charge is 0.266 e. The fraction of sp³-hybridized carbons (Fsp3) is 0.120. The van der Waals surface area contributed by atoms with Crippen LogP contribution in [0.5, 0.6) is 11.5 Å². The van der Waals surface area contributed by atoms with Gasteiger partial charge in [-0.2, -0.15) is 5.26 Å². The van der Waals surface area contributed by atoms with E-state index in [2.05, 4.69) is 27.9 Å². The quantitative estimate of drug-likeness (QED) is 0.181. The minimum absolute atomic E-state index is 0.0972. The lowest BCUT2D eigenvalue weighted by molar-refractivity contribution is -0.112. The molecule has 0 spiro atoms. The molecule has 168 valence electrons. The van der Waals surface area contributed by atoms with Crippen LogP contribution >= 0.6 is 45.8 Å². The maximum Gasteiger partial charge on any atom is 0.266 e. The van der Waals surface area contributed by atoms with Gasteiger partial charge < -0.3 is 14.8 Å². The average Bonchev–Trinajstić information content (AvgIpc) is 2.80. The Kier molecular flexibility index (Phi) is 8.61. The third-order valence-corrected chi connectivity index (χ3v) is 6.15. The Bertz CT molecular complexity index is 1250. The number of methoxy groups -OCH3 is 1. The zero-order valence-corrected chi connectivity index (χ0v) is 21.5. The molecule has 3 aromatic carbocycles. The summed E-state index contributed by atoms with van der Waals surface area (Å²) < 4.78 is 12.5. The van der Waals surface area contributed by atoms with Gasteiger partial charge in [-0.05, 0) is 88.7 Å². The molecule has 0 saturated heterocycles. The number of nitrogens with one attached hydrogen (secondary N) is 1.